The quantitative estimate of drug-likeness (QED) is 0.702. The molecule has 4 rings (SSSR count). The second-order valence-corrected chi connectivity index (χ2v) is 7.29. The summed E-state index contributed by atoms with van der Waals surface area (Å²) in [6.45, 7) is 5.34. The zero-order chi connectivity index (χ0) is 20.2. The van der Waals surface area contributed by atoms with Gasteiger partial charge in [0.2, 0.25) is 0 Å². The predicted molar refractivity (Wildman–Crippen MR) is 116 cm³/mol. The molecule has 4 nitrogen and oxygen atoms in total. The molecular formula is C24H24FN3O. The third-order valence-electron chi connectivity index (χ3n) is 5.28. The number of aryl methyl sites for hydroxylation is 1. The van der Waals surface area contributed by atoms with Crippen LogP contribution in [-0.2, 0) is 0 Å². The molecule has 0 spiro atoms. The Kier molecular flexibility index (Phi) is 5.47. The van der Waals surface area contributed by atoms with Crippen LogP contribution in [0.15, 0.2) is 72.8 Å². The molecule has 1 aliphatic heterocycles. The summed E-state index contributed by atoms with van der Waals surface area (Å²) in [5, 5.41) is 3.06. The van der Waals surface area contributed by atoms with Crippen molar-refractivity contribution in [1.82, 2.24) is 0 Å². The maximum absolute atomic E-state index is 13.2. The Labute approximate surface area is 170 Å². The number of halogens is 1. The van der Waals surface area contributed by atoms with Crippen molar-refractivity contribution in [3.8, 4) is 0 Å². The maximum Gasteiger partial charge on any atom is 0.255 e. The molecule has 0 aliphatic carbocycles. The summed E-state index contributed by atoms with van der Waals surface area (Å²) >= 11 is 0. The molecule has 0 aromatic heterocycles. The van der Waals surface area contributed by atoms with Crippen molar-refractivity contribution < 1.29 is 9.18 Å². The van der Waals surface area contributed by atoms with Crippen molar-refractivity contribution in [2.75, 3.05) is 41.3 Å². The average molecular weight is 389 g/mol. The lowest BCUT2D eigenvalue weighted by Gasteiger charge is -2.38. The lowest BCUT2D eigenvalue weighted by Crippen LogP contribution is -2.46. The van der Waals surface area contributed by atoms with Gasteiger partial charge in [0.05, 0.1) is 11.4 Å². The Bertz CT molecular complexity index is 978. The monoisotopic (exact) mass is 389 g/mol. The van der Waals surface area contributed by atoms with E-state index in [1.54, 1.807) is 0 Å². The van der Waals surface area contributed by atoms with E-state index in [1.807, 2.05) is 67.6 Å². The highest BCUT2D eigenvalue weighted by atomic mass is 19.1. The molecule has 1 amide bonds. The lowest BCUT2D eigenvalue weighted by atomic mass is 10.1. The van der Waals surface area contributed by atoms with Gasteiger partial charge < -0.3 is 15.1 Å². The van der Waals surface area contributed by atoms with Crippen molar-refractivity contribution in [3.05, 3.63) is 89.7 Å². The molecule has 148 valence electrons. The van der Waals surface area contributed by atoms with E-state index >= 15 is 0 Å². The number of piperazine rings is 1. The average Bonchev–Trinajstić information content (AvgIpc) is 2.75. The number of nitrogens with one attached hydrogen (secondary N) is 1. The molecule has 0 atom stereocenters. The van der Waals surface area contributed by atoms with Gasteiger partial charge in [0.25, 0.3) is 5.91 Å². The molecule has 0 unspecified atom stereocenters. The van der Waals surface area contributed by atoms with E-state index in [9.17, 15) is 9.18 Å². The van der Waals surface area contributed by atoms with Gasteiger partial charge in [-0.2, -0.15) is 0 Å². The van der Waals surface area contributed by atoms with E-state index in [-0.39, 0.29) is 11.7 Å². The Morgan fingerprint density at radius 1 is 0.828 bits per heavy atom. The molecule has 3 aromatic rings. The first-order valence-electron chi connectivity index (χ1n) is 9.83. The maximum atomic E-state index is 13.2. The Morgan fingerprint density at radius 3 is 2.14 bits per heavy atom. The molecule has 0 bridgehead atoms. The van der Waals surface area contributed by atoms with E-state index in [0.717, 1.165) is 48.8 Å². The molecule has 1 heterocycles. The van der Waals surface area contributed by atoms with Gasteiger partial charge in [0.15, 0.2) is 0 Å². The van der Waals surface area contributed by atoms with Crippen molar-refractivity contribution in [2.45, 2.75) is 6.92 Å². The van der Waals surface area contributed by atoms with E-state index < -0.39 is 0 Å². The number of para-hydroxylation sites is 2. The SMILES string of the molecule is Cc1ccc(C(=O)Nc2ccccc2N2CCN(c3ccc(F)cc3)CC2)cc1. The van der Waals surface area contributed by atoms with Crippen LogP contribution in [0.2, 0.25) is 0 Å². The highest BCUT2D eigenvalue weighted by Gasteiger charge is 2.20. The van der Waals surface area contributed by atoms with Crippen molar-refractivity contribution >= 4 is 23.0 Å². The topological polar surface area (TPSA) is 35.6 Å². The minimum absolute atomic E-state index is 0.109. The van der Waals surface area contributed by atoms with Gasteiger partial charge in [-0.3, -0.25) is 4.79 Å². The molecule has 5 heteroatoms. The Hall–Kier alpha value is -3.34. The van der Waals surface area contributed by atoms with E-state index in [1.165, 1.54) is 12.1 Å². The normalized spacial score (nSPS) is 14.0. The lowest BCUT2D eigenvalue weighted by molar-refractivity contribution is 0.102. The summed E-state index contributed by atoms with van der Waals surface area (Å²) in [5.41, 5.74) is 4.64. The van der Waals surface area contributed by atoms with Crippen LogP contribution in [0.5, 0.6) is 0 Å². The minimum Gasteiger partial charge on any atom is -0.368 e. The molecule has 0 saturated carbocycles. The summed E-state index contributed by atoms with van der Waals surface area (Å²) in [4.78, 5) is 17.2. The fourth-order valence-electron chi connectivity index (χ4n) is 3.61. The first kappa shape index (κ1) is 19.0. The van der Waals surface area contributed by atoms with Gasteiger partial charge in [0, 0.05) is 37.4 Å². The summed E-state index contributed by atoms with van der Waals surface area (Å²) in [5.74, 6) is -0.326. The van der Waals surface area contributed by atoms with Crippen LogP contribution in [0.1, 0.15) is 15.9 Å². The van der Waals surface area contributed by atoms with Crippen LogP contribution in [0.4, 0.5) is 21.5 Å². The van der Waals surface area contributed by atoms with Crippen LogP contribution in [0, 0.1) is 12.7 Å². The van der Waals surface area contributed by atoms with Crippen LogP contribution >= 0.6 is 0 Å². The molecule has 3 aromatic carbocycles. The summed E-state index contributed by atoms with van der Waals surface area (Å²) in [6, 6.07) is 22.1. The smallest absolute Gasteiger partial charge is 0.255 e. The van der Waals surface area contributed by atoms with Crippen LogP contribution in [0.25, 0.3) is 0 Å². The number of hydrogen-bond acceptors (Lipinski definition) is 3. The van der Waals surface area contributed by atoms with Gasteiger partial charge in [-0.25, -0.2) is 4.39 Å². The second kappa shape index (κ2) is 8.35. The highest BCUT2D eigenvalue weighted by Crippen LogP contribution is 2.28. The zero-order valence-electron chi connectivity index (χ0n) is 16.4. The van der Waals surface area contributed by atoms with Crippen LogP contribution < -0.4 is 15.1 Å². The van der Waals surface area contributed by atoms with Gasteiger partial charge in [-0.15, -0.1) is 0 Å². The van der Waals surface area contributed by atoms with Gasteiger partial charge in [-0.1, -0.05) is 29.8 Å². The third-order valence-corrected chi connectivity index (χ3v) is 5.28. The first-order chi connectivity index (χ1) is 14.1. The minimum atomic E-state index is -0.217. The van der Waals surface area contributed by atoms with Crippen molar-refractivity contribution in [1.29, 1.82) is 0 Å². The Balaban J connectivity index is 1.45. The van der Waals surface area contributed by atoms with Gasteiger partial charge >= 0.3 is 0 Å². The van der Waals surface area contributed by atoms with E-state index in [2.05, 4.69) is 15.1 Å². The molecule has 1 N–H and O–H groups in total. The third kappa shape index (κ3) is 4.40. The number of anilines is 3. The largest absolute Gasteiger partial charge is 0.368 e. The molecule has 1 aliphatic rings. The second-order valence-electron chi connectivity index (χ2n) is 7.29. The number of hydrogen-bond donors (Lipinski definition) is 1. The molecule has 1 fully saturated rings. The zero-order valence-corrected chi connectivity index (χ0v) is 16.4. The molecule has 29 heavy (non-hydrogen) atoms. The standard InChI is InChI=1S/C24H24FN3O/c1-18-6-8-19(9-7-18)24(29)26-22-4-2-3-5-23(22)28-16-14-27(15-17-28)21-12-10-20(25)11-13-21/h2-13H,14-17H2,1H3,(H,26,29). The summed E-state index contributed by atoms with van der Waals surface area (Å²) < 4.78 is 13.2. The first-order valence-corrected chi connectivity index (χ1v) is 9.83. The summed E-state index contributed by atoms with van der Waals surface area (Å²) in [6.07, 6.45) is 0. The van der Waals surface area contributed by atoms with Crippen molar-refractivity contribution in [3.63, 3.8) is 0 Å². The number of nitrogens with zero attached hydrogens (tertiary/aromatic N) is 2. The van der Waals surface area contributed by atoms with Gasteiger partial charge in [-0.05, 0) is 55.5 Å². The summed E-state index contributed by atoms with van der Waals surface area (Å²) in [7, 11) is 0. The highest BCUT2D eigenvalue weighted by molar-refractivity contribution is 6.06. The Morgan fingerprint density at radius 2 is 1.45 bits per heavy atom. The number of carbonyl (C=O) groups is 1. The number of benzene rings is 3. The van der Waals surface area contributed by atoms with Crippen molar-refractivity contribution in [2.24, 2.45) is 0 Å². The number of amides is 1. The number of rotatable bonds is 4. The number of carbonyl (C=O) groups excluding carboxylic acids is 1. The molecule has 0 radical (unpaired) electrons. The van der Waals surface area contributed by atoms with Gasteiger partial charge in [0.1, 0.15) is 5.82 Å². The molecular weight excluding hydrogens is 365 g/mol. The van der Waals surface area contributed by atoms with E-state index in [4.69, 9.17) is 0 Å². The van der Waals surface area contributed by atoms with Crippen LogP contribution in [0.3, 0.4) is 0 Å². The van der Waals surface area contributed by atoms with Crippen LogP contribution in [-0.4, -0.2) is 32.1 Å². The fourth-order valence-corrected chi connectivity index (χ4v) is 3.61. The molecule has 1 saturated heterocycles. The van der Waals surface area contributed by atoms with E-state index in [0.29, 0.717) is 5.56 Å². The predicted octanol–water partition coefficient (Wildman–Crippen LogP) is 4.71. The fraction of sp³-hybridized carbons (Fsp3) is 0.208.